The van der Waals surface area contributed by atoms with Crippen LogP contribution in [0.15, 0.2) is 52.4 Å². The van der Waals surface area contributed by atoms with E-state index in [-0.39, 0.29) is 5.56 Å². The van der Waals surface area contributed by atoms with E-state index in [0.29, 0.717) is 29.5 Å². The molecule has 3 aromatic rings. The van der Waals surface area contributed by atoms with Gasteiger partial charge in [0.15, 0.2) is 5.84 Å². The topological polar surface area (TPSA) is 117 Å². The van der Waals surface area contributed by atoms with Gasteiger partial charge in [-0.25, -0.2) is 4.98 Å². The number of nitrogens with two attached hydrogens (primary N) is 2. The summed E-state index contributed by atoms with van der Waals surface area (Å²) in [5.41, 5.74) is 10.1. The lowest BCUT2D eigenvalue weighted by atomic mass is 10.0. The molecule has 2 heterocycles. The van der Waals surface area contributed by atoms with Gasteiger partial charge in [0.05, 0.1) is 17.4 Å². The summed E-state index contributed by atoms with van der Waals surface area (Å²) in [5, 5.41) is 4.35. The van der Waals surface area contributed by atoms with Crippen molar-refractivity contribution in [2.75, 3.05) is 31.1 Å². The van der Waals surface area contributed by atoms with Crippen LogP contribution in [0.1, 0.15) is 35.7 Å². The van der Waals surface area contributed by atoms with Crippen LogP contribution in [0, 0.1) is 0 Å². The molecule has 0 spiro atoms. The van der Waals surface area contributed by atoms with Crippen molar-refractivity contribution in [1.82, 2.24) is 14.9 Å². The first-order valence-corrected chi connectivity index (χ1v) is 10.8. The number of nitrogens with zero attached hydrogens (tertiary/aromatic N) is 4. The van der Waals surface area contributed by atoms with E-state index in [1.807, 2.05) is 24.3 Å². The number of anilines is 1. The van der Waals surface area contributed by atoms with E-state index < -0.39 is 0 Å². The molecule has 0 radical (unpaired) electrons. The molecule has 1 aliphatic heterocycles. The molecule has 2 fully saturated rings. The monoisotopic (exact) mass is 417 g/mol. The molecule has 5 rings (SSSR count). The largest absolute Gasteiger partial charge is 0.382 e. The van der Waals surface area contributed by atoms with E-state index in [9.17, 15) is 4.79 Å². The normalized spacial score (nSPS) is 17.9. The molecular formula is C23H27N7O. The number of para-hydroxylation sites is 1. The van der Waals surface area contributed by atoms with E-state index in [2.05, 4.69) is 37.0 Å². The predicted molar refractivity (Wildman–Crippen MR) is 123 cm³/mol. The third kappa shape index (κ3) is 3.98. The minimum absolute atomic E-state index is 0.0858. The summed E-state index contributed by atoms with van der Waals surface area (Å²) in [4.78, 5) is 24.6. The molecule has 8 nitrogen and oxygen atoms in total. The number of aromatic amines is 1. The smallest absolute Gasteiger partial charge is 0.258 e. The molecule has 2 aliphatic rings. The molecule has 0 atom stereocenters. The average molecular weight is 418 g/mol. The highest BCUT2D eigenvalue weighted by atomic mass is 16.1. The van der Waals surface area contributed by atoms with E-state index in [1.165, 1.54) is 18.4 Å². The minimum Gasteiger partial charge on any atom is -0.382 e. The van der Waals surface area contributed by atoms with Crippen LogP contribution in [-0.2, 0) is 6.54 Å². The van der Waals surface area contributed by atoms with Crippen molar-refractivity contribution in [2.45, 2.75) is 25.3 Å². The number of benzene rings is 2. The second-order valence-corrected chi connectivity index (χ2v) is 8.36. The summed E-state index contributed by atoms with van der Waals surface area (Å²) in [6.45, 7) is 4.06. The van der Waals surface area contributed by atoms with Crippen LogP contribution in [0.25, 0.3) is 10.9 Å². The highest BCUT2D eigenvalue weighted by Gasteiger charge is 2.27. The third-order valence-electron chi connectivity index (χ3n) is 6.23. The Morgan fingerprint density at radius 3 is 2.65 bits per heavy atom. The van der Waals surface area contributed by atoms with Crippen molar-refractivity contribution in [3.05, 3.63) is 69.8 Å². The minimum atomic E-state index is -0.0858. The number of hydrazone groups is 1. The second-order valence-electron chi connectivity index (χ2n) is 8.36. The quantitative estimate of drug-likeness (QED) is 0.252. The van der Waals surface area contributed by atoms with Crippen molar-refractivity contribution < 1.29 is 0 Å². The molecular weight excluding hydrogens is 390 g/mol. The molecule has 31 heavy (non-hydrogen) atoms. The zero-order chi connectivity index (χ0) is 21.4. The van der Waals surface area contributed by atoms with Gasteiger partial charge in [0.2, 0.25) is 0 Å². The standard InChI is InChI=1S/C23H27N7O/c24-22(28-25)18-8-7-16(15-5-6-15)13-20(18)30-11-9-29(10-12-30)14-21-26-19-4-2-1-3-17(19)23(31)27-21/h1-4,7-8,13,15H,5-6,9-12,14,25H2,(H2,24,28)(H,26,27,31). The fraction of sp³-hybridized carbons (Fsp3) is 0.348. The SMILES string of the molecule is N/N=C(\N)c1ccc(C2CC2)cc1N1CCN(Cc2nc3ccccc3c(=O)[nH]2)CC1. The van der Waals surface area contributed by atoms with Gasteiger partial charge in [-0.1, -0.05) is 18.2 Å². The van der Waals surface area contributed by atoms with Gasteiger partial charge in [0, 0.05) is 37.4 Å². The van der Waals surface area contributed by atoms with Crippen molar-refractivity contribution in [2.24, 2.45) is 16.7 Å². The third-order valence-corrected chi connectivity index (χ3v) is 6.23. The van der Waals surface area contributed by atoms with Gasteiger partial charge < -0.3 is 21.5 Å². The Morgan fingerprint density at radius 1 is 1.13 bits per heavy atom. The van der Waals surface area contributed by atoms with Gasteiger partial charge in [-0.15, -0.1) is 0 Å². The van der Waals surface area contributed by atoms with Crippen molar-refractivity contribution in [1.29, 1.82) is 0 Å². The molecule has 0 bridgehead atoms. The Kier molecular flexibility index (Phi) is 5.07. The Labute approximate surface area is 180 Å². The first-order valence-electron chi connectivity index (χ1n) is 10.8. The molecule has 0 unspecified atom stereocenters. The molecule has 8 heteroatoms. The molecule has 160 valence electrons. The maximum absolute atomic E-state index is 12.3. The first-order chi connectivity index (χ1) is 15.1. The lowest BCUT2D eigenvalue weighted by Crippen LogP contribution is -2.47. The fourth-order valence-electron chi connectivity index (χ4n) is 4.34. The number of hydrogen-bond donors (Lipinski definition) is 3. The van der Waals surface area contributed by atoms with Gasteiger partial charge >= 0.3 is 0 Å². The van der Waals surface area contributed by atoms with Crippen molar-refractivity contribution in [3.63, 3.8) is 0 Å². The van der Waals surface area contributed by atoms with Crippen LogP contribution in [-0.4, -0.2) is 46.9 Å². The predicted octanol–water partition coefficient (Wildman–Crippen LogP) is 1.70. The molecule has 1 aliphatic carbocycles. The highest BCUT2D eigenvalue weighted by Crippen LogP contribution is 2.41. The van der Waals surface area contributed by atoms with E-state index in [4.69, 9.17) is 11.6 Å². The van der Waals surface area contributed by atoms with Gasteiger partial charge in [0.1, 0.15) is 5.82 Å². The summed E-state index contributed by atoms with van der Waals surface area (Å²) >= 11 is 0. The summed E-state index contributed by atoms with van der Waals surface area (Å²) in [7, 11) is 0. The van der Waals surface area contributed by atoms with Crippen LogP contribution >= 0.6 is 0 Å². The van der Waals surface area contributed by atoms with Crippen molar-refractivity contribution >= 4 is 22.4 Å². The van der Waals surface area contributed by atoms with Crippen LogP contribution in [0.5, 0.6) is 0 Å². The zero-order valence-corrected chi connectivity index (χ0v) is 17.4. The number of nitrogens with one attached hydrogen (secondary N) is 1. The Hall–Kier alpha value is -3.39. The molecule has 2 aromatic carbocycles. The van der Waals surface area contributed by atoms with Crippen LogP contribution in [0.2, 0.25) is 0 Å². The summed E-state index contributed by atoms with van der Waals surface area (Å²) < 4.78 is 0. The molecule has 1 saturated carbocycles. The molecule has 1 saturated heterocycles. The number of rotatable bonds is 5. The Bertz CT molecular complexity index is 1190. The zero-order valence-electron chi connectivity index (χ0n) is 17.4. The second kappa shape index (κ2) is 8.03. The lowest BCUT2D eigenvalue weighted by Gasteiger charge is -2.37. The summed E-state index contributed by atoms with van der Waals surface area (Å²) in [5.74, 6) is 7.20. The van der Waals surface area contributed by atoms with Crippen LogP contribution < -0.4 is 22.0 Å². The van der Waals surface area contributed by atoms with E-state index >= 15 is 0 Å². The Morgan fingerprint density at radius 2 is 1.90 bits per heavy atom. The number of aromatic nitrogens is 2. The number of piperazine rings is 1. The fourth-order valence-corrected chi connectivity index (χ4v) is 4.34. The maximum Gasteiger partial charge on any atom is 0.258 e. The average Bonchev–Trinajstić information content (AvgIpc) is 3.64. The number of hydrogen-bond acceptors (Lipinski definition) is 6. The summed E-state index contributed by atoms with van der Waals surface area (Å²) in [6, 6.07) is 13.9. The number of amidine groups is 1. The number of H-pyrrole nitrogens is 1. The van der Waals surface area contributed by atoms with Crippen LogP contribution in [0.3, 0.4) is 0 Å². The first kappa shape index (κ1) is 19.6. The van der Waals surface area contributed by atoms with E-state index in [0.717, 1.165) is 42.9 Å². The van der Waals surface area contributed by atoms with Crippen LogP contribution in [0.4, 0.5) is 5.69 Å². The summed E-state index contributed by atoms with van der Waals surface area (Å²) in [6.07, 6.45) is 2.51. The lowest BCUT2D eigenvalue weighted by molar-refractivity contribution is 0.244. The number of fused-ring (bicyclic) bond motifs is 1. The Balaban J connectivity index is 1.32. The molecule has 0 amide bonds. The molecule has 5 N–H and O–H groups in total. The van der Waals surface area contributed by atoms with Gasteiger partial charge in [-0.05, 0) is 48.6 Å². The van der Waals surface area contributed by atoms with Gasteiger partial charge in [-0.3, -0.25) is 9.69 Å². The highest BCUT2D eigenvalue weighted by molar-refractivity contribution is 6.02. The van der Waals surface area contributed by atoms with Crippen molar-refractivity contribution in [3.8, 4) is 0 Å². The van der Waals surface area contributed by atoms with E-state index in [1.54, 1.807) is 6.07 Å². The van der Waals surface area contributed by atoms with Gasteiger partial charge in [0.25, 0.3) is 5.56 Å². The molecule has 1 aromatic heterocycles. The van der Waals surface area contributed by atoms with Gasteiger partial charge in [-0.2, -0.15) is 5.10 Å². The maximum atomic E-state index is 12.3.